The molecule has 1 heterocycles. The summed E-state index contributed by atoms with van der Waals surface area (Å²) in [5.41, 5.74) is 0. The number of rotatable bonds is 0. The molecule has 0 bridgehead atoms. The van der Waals surface area contributed by atoms with Crippen LogP contribution in [0.25, 0.3) is 0 Å². The van der Waals surface area contributed by atoms with Crippen molar-refractivity contribution in [3.8, 4) is 0 Å². The second-order valence-corrected chi connectivity index (χ2v) is 1.08. The van der Waals surface area contributed by atoms with Gasteiger partial charge in [0.25, 0.3) is 0 Å². The molecule has 4 heteroatoms. The molecule has 0 aliphatic heterocycles. The van der Waals surface area contributed by atoms with Gasteiger partial charge in [-0.15, -0.1) is 5.10 Å². The molecule has 0 fully saturated rings. The molecule has 7 heavy (non-hydrogen) atoms. The summed E-state index contributed by atoms with van der Waals surface area (Å²) in [6, 6.07) is 0. The highest BCUT2D eigenvalue weighted by Gasteiger charge is 1.87. The summed E-state index contributed by atoms with van der Waals surface area (Å²) in [5.74, 6) is -0.486. The van der Waals surface area contributed by atoms with Gasteiger partial charge in [-0.2, -0.15) is 4.68 Å². The lowest BCUT2D eigenvalue weighted by molar-refractivity contribution is 0.488. The highest BCUT2D eigenvalue weighted by molar-refractivity contribution is 4.42. The molecule has 0 N–H and O–H groups in total. The van der Waals surface area contributed by atoms with Gasteiger partial charge in [0.05, 0.1) is 0 Å². The van der Waals surface area contributed by atoms with Crippen molar-refractivity contribution in [2.75, 3.05) is 0 Å². The van der Waals surface area contributed by atoms with Gasteiger partial charge in [-0.1, -0.05) is 0 Å². The van der Waals surface area contributed by atoms with Crippen molar-refractivity contribution in [3.05, 3.63) is 16.9 Å². The second-order valence-electron chi connectivity index (χ2n) is 1.08. The largest absolute Gasteiger partial charge is 0.437 e. The summed E-state index contributed by atoms with van der Waals surface area (Å²) in [7, 11) is 1.49. The molecule has 0 atom stereocenters. The third kappa shape index (κ3) is 0.534. The number of aromatic nitrogens is 2. The van der Waals surface area contributed by atoms with Crippen LogP contribution in [0, 0.1) is 6.39 Å². The van der Waals surface area contributed by atoms with Gasteiger partial charge in [0.15, 0.2) is 0 Å². The number of aryl methyl sites for hydroxylation is 1. The van der Waals surface area contributed by atoms with Crippen LogP contribution in [0.5, 0.6) is 0 Å². The minimum atomic E-state index is -0.486. The van der Waals surface area contributed by atoms with Gasteiger partial charge in [0.2, 0.25) is 0 Å². The minimum absolute atomic E-state index is 0.486. The Kier molecular flexibility index (Phi) is 0.714. The predicted molar refractivity (Wildman–Crippen MR) is 20.6 cm³/mol. The molecular formula is C3H3N2O2. The van der Waals surface area contributed by atoms with Crippen LogP contribution in [0.4, 0.5) is 0 Å². The topological polar surface area (TPSA) is 48.0 Å². The monoisotopic (exact) mass is 99.0 g/mol. The Morgan fingerprint density at radius 3 is 2.86 bits per heavy atom. The average molecular weight is 99.1 g/mol. The van der Waals surface area contributed by atoms with Crippen molar-refractivity contribution in [2.45, 2.75) is 0 Å². The molecule has 37 valence electrons. The quantitative estimate of drug-likeness (QED) is 0.426. The highest BCUT2D eigenvalue weighted by Crippen LogP contribution is 1.60. The molecule has 0 saturated carbocycles. The molecule has 0 spiro atoms. The fraction of sp³-hybridized carbons (Fsp3) is 0.333. The molecule has 0 unspecified atom stereocenters. The van der Waals surface area contributed by atoms with Crippen molar-refractivity contribution >= 4 is 0 Å². The van der Waals surface area contributed by atoms with Gasteiger partial charge in [-0.3, -0.25) is 0 Å². The molecule has 1 rings (SSSR count). The van der Waals surface area contributed by atoms with Crippen LogP contribution >= 0.6 is 0 Å². The van der Waals surface area contributed by atoms with Crippen LogP contribution in [0.2, 0.25) is 0 Å². The molecule has 0 aliphatic carbocycles. The molecular weight excluding hydrogens is 96.0 g/mol. The lowest BCUT2D eigenvalue weighted by atomic mass is 11.2. The fourth-order valence-corrected chi connectivity index (χ4v) is 0.228. The van der Waals surface area contributed by atoms with Crippen molar-refractivity contribution in [2.24, 2.45) is 7.05 Å². The Morgan fingerprint density at radius 1 is 2.00 bits per heavy atom. The van der Waals surface area contributed by atoms with Gasteiger partial charge >= 0.3 is 12.1 Å². The van der Waals surface area contributed by atoms with E-state index in [0.29, 0.717) is 0 Å². The van der Waals surface area contributed by atoms with Crippen LogP contribution in [-0.4, -0.2) is 9.78 Å². The Bertz CT molecular complexity index is 199. The van der Waals surface area contributed by atoms with Crippen LogP contribution in [0.15, 0.2) is 9.21 Å². The zero-order valence-corrected chi connectivity index (χ0v) is 3.71. The lowest BCUT2D eigenvalue weighted by Gasteiger charge is -1.71. The maximum Gasteiger partial charge on any atom is 0.437 e. The lowest BCUT2D eigenvalue weighted by Crippen LogP contribution is -2.09. The summed E-state index contributed by atoms with van der Waals surface area (Å²) in [5, 5.41) is 3.33. The third-order valence-corrected chi connectivity index (χ3v) is 0.588. The van der Waals surface area contributed by atoms with E-state index in [1.165, 1.54) is 7.05 Å². The van der Waals surface area contributed by atoms with Crippen LogP contribution < -0.4 is 5.76 Å². The summed E-state index contributed by atoms with van der Waals surface area (Å²) in [6.07, 6.45) is 2.02. The van der Waals surface area contributed by atoms with E-state index >= 15 is 0 Å². The molecule has 1 aromatic rings. The van der Waals surface area contributed by atoms with E-state index in [2.05, 4.69) is 9.52 Å². The van der Waals surface area contributed by atoms with Crippen molar-refractivity contribution in [3.63, 3.8) is 0 Å². The summed E-state index contributed by atoms with van der Waals surface area (Å²) < 4.78 is 5.19. The molecule has 0 aliphatic rings. The zero-order valence-electron chi connectivity index (χ0n) is 3.71. The third-order valence-electron chi connectivity index (χ3n) is 0.588. The second kappa shape index (κ2) is 1.22. The predicted octanol–water partition coefficient (Wildman–Crippen LogP) is -0.827. The normalized spacial score (nSPS) is 9.29. The molecule has 1 radical (unpaired) electrons. The Labute approximate surface area is 39.4 Å². The van der Waals surface area contributed by atoms with Crippen molar-refractivity contribution in [1.82, 2.24) is 9.78 Å². The first kappa shape index (κ1) is 4.11. The first-order chi connectivity index (χ1) is 3.30. The maximum absolute atomic E-state index is 10.1. The maximum atomic E-state index is 10.1. The number of nitrogens with zero attached hydrogens (tertiary/aromatic N) is 2. The van der Waals surface area contributed by atoms with Gasteiger partial charge in [-0.25, -0.2) is 4.79 Å². The van der Waals surface area contributed by atoms with E-state index in [1.807, 2.05) is 6.39 Å². The number of hydrogen-bond acceptors (Lipinski definition) is 3. The molecule has 0 saturated heterocycles. The van der Waals surface area contributed by atoms with Crippen LogP contribution in [-0.2, 0) is 7.05 Å². The first-order valence-corrected chi connectivity index (χ1v) is 1.71. The van der Waals surface area contributed by atoms with E-state index in [1.54, 1.807) is 0 Å². The van der Waals surface area contributed by atoms with Crippen LogP contribution in [0.1, 0.15) is 0 Å². The van der Waals surface area contributed by atoms with Gasteiger partial charge in [-0.05, 0) is 0 Å². The van der Waals surface area contributed by atoms with Gasteiger partial charge in [0, 0.05) is 7.05 Å². The van der Waals surface area contributed by atoms with E-state index in [4.69, 9.17) is 0 Å². The summed E-state index contributed by atoms with van der Waals surface area (Å²) >= 11 is 0. The Balaban J connectivity index is 3.39. The van der Waals surface area contributed by atoms with E-state index in [9.17, 15) is 4.79 Å². The fourth-order valence-electron chi connectivity index (χ4n) is 0.228. The molecule has 0 aromatic carbocycles. The SMILES string of the molecule is Cn1n[c]oc1=O. The van der Waals surface area contributed by atoms with Crippen molar-refractivity contribution < 1.29 is 4.42 Å². The average Bonchev–Trinajstić information content (AvgIpc) is 1.91. The molecule has 0 amide bonds. The highest BCUT2D eigenvalue weighted by atomic mass is 16.4. The minimum Gasteiger partial charge on any atom is -0.382 e. The van der Waals surface area contributed by atoms with Gasteiger partial charge < -0.3 is 4.42 Å². The van der Waals surface area contributed by atoms with E-state index in [0.717, 1.165) is 4.68 Å². The molecule has 1 aromatic heterocycles. The van der Waals surface area contributed by atoms with E-state index in [-0.39, 0.29) is 0 Å². The van der Waals surface area contributed by atoms with Crippen molar-refractivity contribution in [1.29, 1.82) is 0 Å². The first-order valence-electron chi connectivity index (χ1n) is 1.71. The van der Waals surface area contributed by atoms with E-state index < -0.39 is 5.76 Å². The summed E-state index contributed by atoms with van der Waals surface area (Å²) in [4.78, 5) is 10.1. The number of hydrogen-bond donors (Lipinski definition) is 0. The molecule has 4 nitrogen and oxygen atoms in total. The summed E-state index contributed by atoms with van der Waals surface area (Å²) in [6.45, 7) is 0. The standard InChI is InChI=1S/C3H3N2O2/c1-5-3(6)7-2-4-5/h1H3. The van der Waals surface area contributed by atoms with Gasteiger partial charge in [0.1, 0.15) is 0 Å². The Hall–Kier alpha value is -1.06. The zero-order chi connectivity index (χ0) is 5.28. The Morgan fingerprint density at radius 2 is 2.71 bits per heavy atom. The van der Waals surface area contributed by atoms with Crippen LogP contribution in [0.3, 0.4) is 0 Å². The smallest absolute Gasteiger partial charge is 0.382 e.